The second kappa shape index (κ2) is 7.08. The average molecular weight is 352 g/mol. The van der Waals surface area contributed by atoms with Crippen molar-refractivity contribution < 1.29 is 0 Å². The van der Waals surface area contributed by atoms with Crippen molar-refractivity contribution in [2.45, 2.75) is 76.0 Å². The molecular formula is C17H26BrN3. The van der Waals surface area contributed by atoms with E-state index < -0.39 is 0 Å². The summed E-state index contributed by atoms with van der Waals surface area (Å²) in [6, 6.07) is 0. The molecule has 1 heterocycles. The monoisotopic (exact) mass is 351 g/mol. The average Bonchev–Trinajstić information content (AvgIpc) is 2.90. The number of hydrogen-bond acceptors (Lipinski definition) is 3. The first-order valence-corrected chi connectivity index (χ1v) is 9.34. The number of anilines is 1. The third-order valence-electron chi connectivity index (χ3n) is 5.09. The first-order chi connectivity index (χ1) is 10.3. The number of nitrogens with zero attached hydrogens (tertiary/aromatic N) is 2. The highest BCUT2D eigenvalue weighted by Gasteiger charge is 2.26. The minimum Gasteiger partial charge on any atom is -0.372 e. The summed E-state index contributed by atoms with van der Waals surface area (Å²) in [6.07, 6.45) is 13.2. The van der Waals surface area contributed by atoms with Crippen LogP contribution in [0.3, 0.4) is 0 Å². The van der Waals surface area contributed by atoms with Gasteiger partial charge >= 0.3 is 0 Å². The maximum absolute atomic E-state index is 5.03. The molecule has 1 aromatic rings. The van der Waals surface area contributed by atoms with Crippen molar-refractivity contribution in [2.24, 2.45) is 0 Å². The van der Waals surface area contributed by atoms with Crippen LogP contribution in [-0.4, -0.2) is 17.0 Å². The lowest BCUT2D eigenvalue weighted by atomic mass is 9.98. The molecule has 4 heteroatoms. The molecule has 3 rings (SSSR count). The van der Waals surface area contributed by atoms with E-state index >= 15 is 0 Å². The zero-order valence-electron chi connectivity index (χ0n) is 13.0. The predicted molar refractivity (Wildman–Crippen MR) is 90.9 cm³/mol. The Bertz CT molecular complexity index is 475. The van der Waals surface area contributed by atoms with Gasteiger partial charge in [0.05, 0.1) is 10.2 Å². The van der Waals surface area contributed by atoms with Crippen molar-refractivity contribution >= 4 is 21.7 Å². The molecule has 21 heavy (non-hydrogen) atoms. The molecule has 2 saturated carbocycles. The predicted octanol–water partition coefficient (Wildman–Crippen LogP) is 5.38. The highest BCUT2D eigenvalue weighted by Crippen LogP contribution is 2.40. The Morgan fingerprint density at radius 3 is 2.05 bits per heavy atom. The van der Waals surface area contributed by atoms with E-state index in [1.807, 2.05) is 7.05 Å². The van der Waals surface area contributed by atoms with Gasteiger partial charge in [0.25, 0.3) is 0 Å². The molecule has 0 spiro atoms. The zero-order valence-corrected chi connectivity index (χ0v) is 14.6. The second-order valence-corrected chi connectivity index (χ2v) is 7.34. The minimum absolute atomic E-state index is 0.563. The Labute approximate surface area is 136 Å². The van der Waals surface area contributed by atoms with Gasteiger partial charge in [0.15, 0.2) is 0 Å². The van der Waals surface area contributed by atoms with E-state index in [-0.39, 0.29) is 0 Å². The van der Waals surface area contributed by atoms with Gasteiger partial charge in [-0.25, -0.2) is 9.97 Å². The van der Waals surface area contributed by atoms with Crippen molar-refractivity contribution in [3.05, 3.63) is 16.0 Å². The van der Waals surface area contributed by atoms with Gasteiger partial charge < -0.3 is 5.32 Å². The van der Waals surface area contributed by atoms with E-state index in [2.05, 4.69) is 21.2 Å². The van der Waals surface area contributed by atoms with E-state index in [0.29, 0.717) is 11.8 Å². The first kappa shape index (κ1) is 15.3. The van der Waals surface area contributed by atoms with E-state index in [0.717, 1.165) is 16.1 Å². The van der Waals surface area contributed by atoms with Gasteiger partial charge in [0, 0.05) is 18.9 Å². The lowest BCUT2D eigenvalue weighted by Crippen LogP contribution is -2.11. The summed E-state index contributed by atoms with van der Waals surface area (Å²) in [5.74, 6) is 3.25. The van der Waals surface area contributed by atoms with E-state index in [4.69, 9.17) is 9.97 Å². The molecule has 0 atom stereocenters. The number of rotatable bonds is 3. The number of halogens is 1. The molecule has 2 aliphatic carbocycles. The molecule has 2 aliphatic rings. The van der Waals surface area contributed by atoms with Crippen LogP contribution in [0.25, 0.3) is 0 Å². The van der Waals surface area contributed by atoms with Gasteiger partial charge in [-0.2, -0.15) is 0 Å². The fourth-order valence-electron chi connectivity index (χ4n) is 3.84. The molecule has 0 unspecified atom stereocenters. The SMILES string of the molecule is CNc1nc(C2CCCCCC2)nc(C2CCCC2)c1Br. The number of aromatic nitrogens is 2. The molecule has 3 nitrogen and oxygen atoms in total. The molecular weight excluding hydrogens is 326 g/mol. The molecule has 0 radical (unpaired) electrons. The maximum Gasteiger partial charge on any atom is 0.144 e. The van der Waals surface area contributed by atoms with Gasteiger partial charge in [0.1, 0.15) is 11.6 Å². The molecule has 1 N–H and O–H groups in total. The van der Waals surface area contributed by atoms with E-state index in [9.17, 15) is 0 Å². The minimum atomic E-state index is 0.563. The largest absolute Gasteiger partial charge is 0.372 e. The highest BCUT2D eigenvalue weighted by atomic mass is 79.9. The molecule has 0 aliphatic heterocycles. The molecule has 116 valence electrons. The van der Waals surface area contributed by atoms with Gasteiger partial charge in [-0.1, -0.05) is 38.5 Å². The van der Waals surface area contributed by atoms with Crippen molar-refractivity contribution in [3.63, 3.8) is 0 Å². The standard InChI is InChI=1S/C17H26BrN3/c1-19-17-14(18)15(12-8-6-7-9-12)20-16(21-17)13-10-4-2-3-5-11-13/h12-13H,2-11H2,1H3,(H,19,20,21). The Morgan fingerprint density at radius 2 is 1.43 bits per heavy atom. The van der Waals surface area contributed by atoms with Crippen LogP contribution in [0.1, 0.15) is 87.6 Å². The number of hydrogen-bond donors (Lipinski definition) is 1. The van der Waals surface area contributed by atoms with Crippen LogP contribution in [0, 0.1) is 0 Å². The Balaban J connectivity index is 1.93. The highest BCUT2D eigenvalue weighted by molar-refractivity contribution is 9.10. The Morgan fingerprint density at radius 1 is 0.857 bits per heavy atom. The normalized spacial score (nSPS) is 21.4. The van der Waals surface area contributed by atoms with E-state index in [1.165, 1.54) is 69.9 Å². The summed E-state index contributed by atoms with van der Waals surface area (Å²) < 4.78 is 1.09. The summed E-state index contributed by atoms with van der Waals surface area (Å²) in [4.78, 5) is 9.85. The van der Waals surface area contributed by atoms with Crippen molar-refractivity contribution in [1.29, 1.82) is 0 Å². The van der Waals surface area contributed by atoms with Crippen LogP contribution in [-0.2, 0) is 0 Å². The zero-order chi connectivity index (χ0) is 14.7. The summed E-state index contributed by atoms with van der Waals surface area (Å²) in [6.45, 7) is 0. The van der Waals surface area contributed by atoms with Crippen LogP contribution in [0.15, 0.2) is 4.47 Å². The van der Waals surface area contributed by atoms with Crippen LogP contribution >= 0.6 is 15.9 Å². The lowest BCUT2D eigenvalue weighted by Gasteiger charge is -2.19. The van der Waals surface area contributed by atoms with Crippen LogP contribution in [0.2, 0.25) is 0 Å². The quantitative estimate of drug-likeness (QED) is 0.743. The number of nitrogens with one attached hydrogen (secondary N) is 1. The summed E-state index contributed by atoms with van der Waals surface area (Å²) in [5.41, 5.74) is 1.26. The molecule has 0 saturated heterocycles. The molecule has 0 amide bonds. The first-order valence-electron chi connectivity index (χ1n) is 8.54. The van der Waals surface area contributed by atoms with Crippen LogP contribution in [0.5, 0.6) is 0 Å². The molecule has 0 aromatic carbocycles. The summed E-state index contributed by atoms with van der Waals surface area (Å²) >= 11 is 3.74. The van der Waals surface area contributed by atoms with Crippen LogP contribution in [0.4, 0.5) is 5.82 Å². The fraction of sp³-hybridized carbons (Fsp3) is 0.765. The Hall–Kier alpha value is -0.640. The Kier molecular flexibility index (Phi) is 5.15. The van der Waals surface area contributed by atoms with Gasteiger partial charge in [-0.15, -0.1) is 0 Å². The van der Waals surface area contributed by atoms with Crippen molar-refractivity contribution in [2.75, 3.05) is 12.4 Å². The molecule has 0 bridgehead atoms. The van der Waals surface area contributed by atoms with Crippen LogP contribution < -0.4 is 5.32 Å². The van der Waals surface area contributed by atoms with Gasteiger partial charge in [-0.05, 0) is 41.6 Å². The topological polar surface area (TPSA) is 37.8 Å². The fourth-order valence-corrected chi connectivity index (χ4v) is 4.54. The van der Waals surface area contributed by atoms with E-state index in [1.54, 1.807) is 0 Å². The van der Waals surface area contributed by atoms with Gasteiger partial charge in [-0.3, -0.25) is 0 Å². The molecule has 1 aromatic heterocycles. The summed E-state index contributed by atoms with van der Waals surface area (Å²) in [7, 11) is 1.96. The molecule has 2 fully saturated rings. The lowest BCUT2D eigenvalue weighted by molar-refractivity contribution is 0.551. The van der Waals surface area contributed by atoms with Crippen molar-refractivity contribution in [3.8, 4) is 0 Å². The maximum atomic E-state index is 5.03. The second-order valence-electron chi connectivity index (χ2n) is 6.55. The van der Waals surface area contributed by atoms with Gasteiger partial charge in [0.2, 0.25) is 0 Å². The summed E-state index contributed by atoms with van der Waals surface area (Å²) in [5, 5.41) is 3.26. The van der Waals surface area contributed by atoms with Crippen molar-refractivity contribution in [1.82, 2.24) is 9.97 Å². The third kappa shape index (κ3) is 3.41. The third-order valence-corrected chi connectivity index (χ3v) is 5.87. The smallest absolute Gasteiger partial charge is 0.144 e.